The summed E-state index contributed by atoms with van der Waals surface area (Å²) in [6.07, 6.45) is 2.03. The summed E-state index contributed by atoms with van der Waals surface area (Å²) in [4.78, 5) is 12.1. The molecule has 7 heteroatoms. The molecule has 1 N–H and O–H groups in total. The van der Waals surface area contributed by atoms with Crippen LogP contribution in [0.2, 0.25) is 0 Å². The first-order valence-electron chi connectivity index (χ1n) is 7.21. The molecule has 0 aliphatic rings. The third kappa shape index (κ3) is 3.45. The van der Waals surface area contributed by atoms with E-state index in [1.165, 1.54) is 5.56 Å². The van der Waals surface area contributed by atoms with Gasteiger partial charge in [-0.2, -0.15) is 5.10 Å². The van der Waals surface area contributed by atoms with Crippen molar-refractivity contribution < 1.29 is 9.21 Å². The molecule has 0 aliphatic carbocycles. The first kappa shape index (κ1) is 15.0. The van der Waals surface area contributed by atoms with Crippen LogP contribution in [0.4, 0.5) is 6.01 Å². The smallest absolute Gasteiger partial charge is 0.322 e. The van der Waals surface area contributed by atoms with Crippen molar-refractivity contribution in [3.8, 4) is 11.6 Å². The van der Waals surface area contributed by atoms with Crippen molar-refractivity contribution in [2.75, 3.05) is 5.32 Å². The second-order valence-corrected chi connectivity index (χ2v) is 5.43. The first-order chi connectivity index (χ1) is 11.0. The number of benzene rings is 1. The molecule has 0 saturated carbocycles. The van der Waals surface area contributed by atoms with E-state index in [0.717, 1.165) is 11.1 Å². The molecular formula is C16H17N5O2. The lowest BCUT2D eigenvalue weighted by Gasteiger charge is -2.04. The van der Waals surface area contributed by atoms with Gasteiger partial charge in [0.25, 0.3) is 5.89 Å². The Morgan fingerprint density at radius 2 is 2.04 bits per heavy atom. The summed E-state index contributed by atoms with van der Waals surface area (Å²) in [5, 5.41) is 14.5. The summed E-state index contributed by atoms with van der Waals surface area (Å²) in [5.41, 5.74) is 3.86. The highest BCUT2D eigenvalue weighted by atomic mass is 16.4. The van der Waals surface area contributed by atoms with Crippen LogP contribution in [0.5, 0.6) is 0 Å². The number of hydrogen-bond donors (Lipinski definition) is 1. The van der Waals surface area contributed by atoms with Crippen LogP contribution in [0.3, 0.4) is 0 Å². The van der Waals surface area contributed by atoms with Gasteiger partial charge in [-0.3, -0.25) is 14.8 Å². The van der Waals surface area contributed by atoms with Gasteiger partial charge in [0.1, 0.15) is 5.69 Å². The number of hydrogen-bond acceptors (Lipinski definition) is 5. The lowest BCUT2D eigenvalue weighted by molar-refractivity contribution is -0.115. The Morgan fingerprint density at radius 3 is 2.74 bits per heavy atom. The molecule has 0 spiro atoms. The normalized spacial score (nSPS) is 10.7. The Labute approximate surface area is 133 Å². The predicted octanol–water partition coefficient (Wildman–Crippen LogP) is 2.27. The molecule has 1 aromatic carbocycles. The van der Waals surface area contributed by atoms with Crippen molar-refractivity contribution in [3.63, 3.8) is 0 Å². The van der Waals surface area contributed by atoms with Crippen LogP contribution >= 0.6 is 0 Å². The van der Waals surface area contributed by atoms with E-state index in [1.807, 2.05) is 32.0 Å². The highest BCUT2D eigenvalue weighted by molar-refractivity contribution is 5.90. The van der Waals surface area contributed by atoms with Gasteiger partial charge < -0.3 is 4.42 Å². The Kier molecular flexibility index (Phi) is 3.92. The van der Waals surface area contributed by atoms with Crippen molar-refractivity contribution in [1.29, 1.82) is 0 Å². The maximum atomic E-state index is 12.1. The van der Waals surface area contributed by atoms with Crippen molar-refractivity contribution in [2.24, 2.45) is 7.05 Å². The van der Waals surface area contributed by atoms with E-state index in [9.17, 15) is 4.79 Å². The number of aryl methyl sites for hydroxylation is 3. The van der Waals surface area contributed by atoms with Gasteiger partial charge in [0.05, 0.1) is 6.42 Å². The summed E-state index contributed by atoms with van der Waals surface area (Å²) in [5.74, 6) is 0.0663. The number of nitrogens with zero attached hydrogens (tertiary/aromatic N) is 4. The second kappa shape index (κ2) is 6.04. The van der Waals surface area contributed by atoms with Gasteiger partial charge in [0.2, 0.25) is 5.91 Å². The number of anilines is 1. The molecule has 0 bridgehead atoms. The van der Waals surface area contributed by atoms with Crippen LogP contribution in [0, 0.1) is 13.8 Å². The van der Waals surface area contributed by atoms with Gasteiger partial charge in [-0.1, -0.05) is 23.3 Å². The quantitative estimate of drug-likeness (QED) is 0.799. The number of rotatable bonds is 4. The minimum Gasteiger partial charge on any atom is -0.401 e. The van der Waals surface area contributed by atoms with Gasteiger partial charge in [-0.15, -0.1) is 5.10 Å². The largest absolute Gasteiger partial charge is 0.401 e. The van der Waals surface area contributed by atoms with Crippen molar-refractivity contribution in [1.82, 2.24) is 20.0 Å². The van der Waals surface area contributed by atoms with E-state index < -0.39 is 0 Å². The van der Waals surface area contributed by atoms with Gasteiger partial charge >= 0.3 is 6.01 Å². The standard InChI is InChI=1S/C16H17N5O2/c1-10-4-5-12(8-11(10)2)9-14(22)17-16-19-18-15(23-16)13-6-7-21(3)20-13/h4-8H,9H2,1-3H3,(H,17,19,22). The van der Waals surface area contributed by atoms with Crippen molar-refractivity contribution in [2.45, 2.75) is 20.3 Å². The molecule has 0 fully saturated rings. The average molecular weight is 311 g/mol. The number of carbonyl (C=O) groups is 1. The zero-order valence-electron chi connectivity index (χ0n) is 13.2. The zero-order valence-corrected chi connectivity index (χ0v) is 13.2. The Morgan fingerprint density at radius 1 is 1.22 bits per heavy atom. The van der Waals surface area contributed by atoms with Gasteiger partial charge in [0.15, 0.2) is 0 Å². The van der Waals surface area contributed by atoms with Crippen LogP contribution in [0.15, 0.2) is 34.9 Å². The molecule has 0 aliphatic heterocycles. The molecule has 0 saturated heterocycles. The molecule has 3 rings (SSSR count). The van der Waals surface area contributed by atoms with Gasteiger partial charge in [-0.05, 0) is 36.6 Å². The summed E-state index contributed by atoms with van der Waals surface area (Å²) < 4.78 is 7.04. The molecule has 0 unspecified atom stereocenters. The van der Waals surface area contributed by atoms with E-state index in [0.29, 0.717) is 5.69 Å². The monoisotopic (exact) mass is 311 g/mol. The molecule has 2 aromatic heterocycles. The minimum absolute atomic E-state index is 0.0690. The Balaban J connectivity index is 1.66. The van der Waals surface area contributed by atoms with Crippen LogP contribution in [-0.2, 0) is 18.3 Å². The van der Waals surface area contributed by atoms with E-state index in [1.54, 1.807) is 24.0 Å². The van der Waals surface area contributed by atoms with E-state index in [2.05, 4.69) is 20.6 Å². The van der Waals surface area contributed by atoms with Crippen molar-refractivity contribution >= 4 is 11.9 Å². The molecular weight excluding hydrogens is 294 g/mol. The summed E-state index contributed by atoms with van der Waals surface area (Å²) in [7, 11) is 1.80. The fraction of sp³-hybridized carbons (Fsp3) is 0.250. The Bertz CT molecular complexity index is 850. The fourth-order valence-corrected chi connectivity index (χ4v) is 2.17. The summed E-state index contributed by atoms with van der Waals surface area (Å²) >= 11 is 0. The van der Waals surface area contributed by atoms with Crippen LogP contribution < -0.4 is 5.32 Å². The van der Waals surface area contributed by atoms with Gasteiger partial charge in [-0.25, -0.2) is 0 Å². The molecule has 0 atom stereocenters. The third-order valence-corrected chi connectivity index (χ3v) is 3.54. The number of nitrogens with one attached hydrogen (secondary N) is 1. The predicted molar refractivity (Wildman–Crippen MR) is 84.7 cm³/mol. The maximum absolute atomic E-state index is 12.1. The molecule has 0 radical (unpaired) electrons. The molecule has 7 nitrogen and oxygen atoms in total. The molecule has 3 aromatic rings. The van der Waals surface area contributed by atoms with Gasteiger partial charge in [0, 0.05) is 13.2 Å². The zero-order chi connectivity index (χ0) is 16.4. The summed E-state index contributed by atoms with van der Waals surface area (Å²) in [6, 6.07) is 7.77. The second-order valence-electron chi connectivity index (χ2n) is 5.43. The van der Waals surface area contributed by atoms with E-state index in [4.69, 9.17) is 4.42 Å². The summed E-state index contributed by atoms with van der Waals surface area (Å²) in [6.45, 7) is 4.06. The number of amides is 1. The van der Waals surface area contributed by atoms with Crippen molar-refractivity contribution in [3.05, 3.63) is 47.2 Å². The lowest BCUT2D eigenvalue weighted by Crippen LogP contribution is -2.14. The molecule has 23 heavy (non-hydrogen) atoms. The number of aromatic nitrogens is 4. The van der Waals surface area contributed by atoms with Crippen LogP contribution in [0.1, 0.15) is 16.7 Å². The van der Waals surface area contributed by atoms with E-state index >= 15 is 0 Å². The molecule has 2 heterocycles. The molecule has 1 amide bonds. The van der Waals surface area contributed by atoms with Crippen LogP contribution in [-0.4, -0.2) is 25.9 Å². The third-order valence-electron chi connectivity index (χ3n) is 3.54. The lowest BCUT2D eigenvalue weighted by atomic mass is 10.0. The highest BCUT2D eigenvalue weighted by Gasteiger charge is 2.13. The molecule has 118 valence electrons. The average Bonchev–Trinajstić information content (AvgIpc) is 3.12. The number of carbonyl (C=O) groups excluding carboxylic acids is 1. The van der Waals surface area contributed by atoms with E-state index in [-0.39, 0.29) is 24.2 Å². The SMILES string of the molecule is Cc1ccc(CC(=O)Nc2nnc(-c3ccn(C)n3)o2)cc1C. The first-order valence-corrected chi connectivity index (χ1v) is 7.21. The Hall–Kier alpha value is -2.96. The van der Waals surface area contributed by atoms with Crippen LogP contribution in [0.25, 0.3) is 11.6 Å². The fourth-order valence-electron chi connectivity index (χ4n) is 2.17. The highest BCUT2D eigenvalue weighted by Crippen LogP contribution is 2.17. The maximum Gasteiger partial charge on any atom is 0.322 e. The topological polar surface area (TPSA) is 85.8 Å². The minimum atomic E-state index is -0.204.